The van der Waals surface area contributed by atoms with Crippen LogP contribution in [-0.4, -0.2) is 19.7 Å². The Balaban J connectivity index is 1.51. The fourth-order valence-electron chi connectivity index (χ4n) is 3.16. The van der Waals surface area contributed by atoms with E-state index in [2.05, 4.69) is 10.1 Å². The molecule has 0 fully saturated rings. The number of nitrogens with zero attached hydrogens (tertiary/aromatic N) is 4. The molecule has 0 N–H and O–H groups in total. The summed E-state index contributed by atoms with van der Waals surface area (Å²) in [5.74, 6) is 1.41. The molecule has 7 heteroatoms. The molecule has 0 saturated heterocycles. The molecular formula is C23H16N4O2S. The lowest BCUT2D eigenvalue weighted by molar-refractivity contribution is 0.391. The first-order valence-electron chi connectivity index (χ1n) is 9.37. The van der Waals surface area contributed by atoms with E-state index < -0.39 is 0 Å². The Hall–Kier alpha value is -3.71. The van der Waals surface area contributed by atoms with Crippen LogP contribution < -0.4 is 5.56 Å². The van der Waals surface area contributed by atoms with Crippen LogP contribution >= 0.6 is 11.8 Å². The number of hydrogen-bond acceptors (Lipinski definition) is 6. The third-order valence-electron chi connectivity index (χ3n) is 4.58. The SMILES string of the molecule is O=c1c2ccccc2nc(SCc2nc(-c3ccccc3)no2)n1-c1ccccc1. The molecule has 0 bridgehead atoms. The first-order valence-corrected chi connectivity index (χ1v) is 10.4. The summed E-state index contributed by atoms with van der Waals surface area (Å²) in [4.78, 5) is 22.4. The Morgan fingerprint density at radius 1 is 0.833 bits per heavy atom. The molecule has 0 aliphatic rings. The van der Waals surface area contributed by atoms with E-state index in [0.717, 1.165) is 11.3 Å². The molecule has 0 amide bonds. The lowest BCUT2D eigenvalue weighted by Crippen LogP contribution is -2.21. The van der Waals surface area contributed by atoms with Gasteiger partial charge >= 0.3 is 0 Å². The summed E-state index contributed by atoms with van der Waals surface area (Å²) < 4.78 is 7.03. The standard InChI is InChI=1S/C23H16N4O2S/c28-22-18-13-7-8-14-19(18)24-23(27(22)17-11-5-2-6-12-17)30-15-20-25-21(26-29-20)16-9-3-1-4-10-16/h1-14H,15H2. The van der Waals surface area contributed by atoms with Crippen molar-refractivity contribution < 1.29 is 4.52 Å². The van der Waals surface area contributed by atoms with Gasteiger partial charge < -0.3 is 4.52 Å². The third-order valence-corrected chi connectivity index (χ3v) is 5.51. The Kier molecular flexibility index (Phi) is 4.86. The monoisotopic (exact) mass is 412 g/mol. The number of benzene rings is 3. The van der Waals surface area contributed by atoms with E-state index in [1.165, 1.54) is 11.8 Å². The van der Waals surface area contributed by atoms with Crippen LogP contribution in [0.1, 0.15) is 5.89 Å². The van der Waals surface area contributed by atoms with Crippen LogP contribution in [0.3, 0.4) is 0 Å². The molecule has 146 valence electrons. The first kappa shape index (κ1) is 18.3. The van der Waals surface area contributed by atoms with Crippen molar-refractivity contribution in [2.24, 2.45) is 0 Å². The highest BCUT2D eigenvalue weighted by molar-refractivity contribution is 7.98. The highest BCUT2D eigenvalue weighted by atomic mass is 32.2. The predicted octanol–water partition coefficient (Wildman–Crippen LogP) is 4.73. The molecule has 6 nitrogen and oxygen atoms in total. The van der Waals surface area contributed by atoms with Gasteiger partial charge in [0.15, 0.2) is 5.16 Å². The van der Waals surface area contributed by atoms with Crippen molar-refractivity contribution in [2.75, 3.05) is 0 Å². The Morgan fingerprint density at radius 2 is 1.53 bits per heavy atom. The number of fused-ring (bicyclic) bond motifs is 1. The molecule has 0 aliphatic heterocycles. The largest absolute Gasteiger partial charge is 0.338 e. The Morgan fingerprint density at radius 3 is 2.33 bits per heavy atom. The Labute approximate surface area is 176 Å². The number of hydrogen-bond donors (Lipinski definition) is 0. The van der Waals surface area contributed by atoms with Gasteiger partial charge in [0.1, 0.15) is 0 Å². The Bertz CT molecular complexity index is 1360. The molecule has 5 rings (SSSR count). The quantitative estimate of drug-likeness (QED) is 0.307. The van der Waals surface area contributed by atoms with Crippen LogP contribution in [-0.2, 0) is 5.75 Å². The molecule has 0 spiro atoms. The predicted molar refractivity (Wildman–Crippen MR) is 117 cm³/mol. The fourth-order valence-corrected chi connectivity index (χ4v) is 4.01. The maximum atomic E-state index is 13.2. The van der Waals surface area contributed by atoms with Gasteiger partial charge in [-0.1, -0.05) is 77.6 Å². The van der Waals surface area contributed by atoms with E-state index in [-0.39, 0.29) is 5.56 Å². The molecule has 30 heavy (non-hydrogen) atoms. The van der Waals surface area contributed by atoms with Gasteiger partial charge in [0.2, 0.25) is 11.7 Å². The van der Waals surface area contributed by atoms with Crippen LogP contribution in [0.15, 0.2) is 99.4 Å². The van der Waals surface area contributed by atoms with Gasteiger partial charge in [0, 0.05) is 5.56 Å². The molecule has 0 saturated carbocycles. The highest BCUT2D eigenvalue weighted by Crippen LogP contribution is 2.25. The fraction of sp³-hybridized carbons (Fsp3) is 0.0435. The van der Waals surface area contributed by atoms with E-state index in [0.29, 0.717) is 33.5 Å². The lowest BCUT2D eigenvalue weighted by atomic mass is 10.2. The smallest absolute Gasteiger partial charge is 0.266 e. The summed E-state index contributed by atoms with van der Waals surface area (Å²) >= 11 is 1.39. The van der Waals surface area contributed by atoms with Crippen LogP contribution in [0.25, 0.3) is 28.0 Å². The van der Waals surface area contributed by atoms with Crippen molar-refractivity contribution in [2.45, 2.75) is 10.9 Å². The summed E-state index contributed by atoms with van der Waals surface area (Å²) in [6.45, 7) is 0. The molecular weight excluding hydrogens is 396 g/mol. The number of thioether (sulfide) groups is 1. The van der Waals surface area contributed by atoms with Crippen molar-refractivity contribution in [3.8, 4) is 17.1 Å². The zero-order chi connectivity index (χ0) is 20.3. The van der Waals surface area contributed by atoms with Gasteiger partial charge in [-0.2, -0.15) is 4.98 Å². The summed E-state index contributed by atoms with van der Waals surface area (Å²) in [5.41, 5.74) is 2.21. The van der Waals surface area contributed by atoms with Crippen LogP contribution in [0.5, 0.6) is 0 Å². The van der Waals surface area contributed by atoms with Gasteiger partial charge in [-0.15, -0.1) is 0 Å². The van der Waals surface area contributed by atoms with Gasteiger partial charge in [0.25, 0.3) is 5.56 Å². The minimum Gasteiger partial charge on any atom is -0.338 e. The minimum atomic E-state index is -0.107. The number of rotatable bonds is 5. The number of aromatic nitrogens is 4. The van der Waals surface area contributed by atoms with Gasteiger partial charge in [-0.3, -0.25) is 9.36 Å². The highest BCUT2D eigenvalue weighted by Gasteiger charge is 2.15. The molecule has 0 atom stereocenters. The second-order valence-corrected chi connectivity index (χ2v) is 7.50. The maximum Gasteiger partial charge on any atom is 0.266 e. The first-order chi connectivity index (χ1) is 14.8. The topological polar surface area (TPSA) is 73.8 Å². The molecule has 5 aromatic rings. The van der Waals surface area contributed by atoms with E-state index in [1.807, 2.05) is 78.9 Å². The van der Waals surface area contributed by atoms with Gasteiger partial charge in [-0.05, 0) is 24.3 Å². The van der Waals surface area contributed by atoms with Crippen molar-refractivity contribution >= 4 is 22.7 Å². The van der Waals surface area contributed by atoms with Crippen LogP contribution in [0.4, 0.5) is 0 Å². The minimum absolute atomic E-state index is 0.107. The second-order valence-electron chi connectivity index (χ2n) is 6.55. The van der Waals surface area contributed by atoms with Crippen molar-refractivity contribution in [3.05, 3.63) is 101 Å². The van der Waals surface area contributed by atoms with Crippen molar-refractivity contribution in [1.82, 2.24) is 19.7 Å². The van der Waals surface area contributed by atoms with E-state index in [1.54, 1.807) is 10.6 Å². The van der Waals surface area contributed by atoms with Gasteiger partial charge in [-0.25, -0.2) is 4.98 Å². The molecule has 2 aromatic heterocycles. The molecule has 2 heterocycles. The van der Waals surface area contributed by atoms with Crippen molar-refractivity contribution in [3.63, 3.8) is 0 Å². The third kappa shape index (κ3) is 3.51. The summed E-state index contributed by atoms with van der Waals surface area (Å²) in [6, 6.07) is 26.5. The average Bonchev–Trinajstić information content (AvgIpc) is 3.28. The summed E-state index contributed by atoms with van der Waals surface area (Å²) in [5, 5.41) is 5.21. The molecule has 0 radical (unpaired) electrons. The van der Waals surface area contributed by atoms with E-state index in [9.17, 15) is 4.79 Å². The van der Waals surface area contributed by atoms with Gasteiger partial charge in [0.05, 0.1) is 22.3 Å². The normalized spacial score (nSPS) is 11.1. The summed E-state index contributed by atoms with van der Waals surface area (Å²) in [7, 11) is 0. The lowest BCUT2D eigenvalue weighted by Gasteiger charge is -2.12. The average molecular weight is 412 g/mol. The van der Waals surface area contributed by atoms with Crippen LogP contribution in [0, 0.1) is 0 Å². The maximum absolute atomic E-state index is 13.2. The van der Waals surface area contributed by atoms with E-state index >= 15 is 0 Å². The number of para-hydroxylation sites is 2. The van der Waals surface area contributed by atoms with Crippen LogP contribution in [0.2, 0.25) is 0 Å². The van der Waals surface area contributed by atoms with Crippen molar-refractivity contribution in [1.29, 1.82) is 0 Å². The van der Waals surface area contributed by atoms with E-state index in [4.69, 9.17) is 9.51 Å². The molecule has 0 aliphatic carbocycles. The molecule has 3 aromatic carbocycles. The second kappa shape index (κ2) is 7.96. The zero-order valence-corrected chi connectivity index (χ0v) is 16.6. The summed E-state index contributed by atoms with van der Waals surface area (Å²) in [6.07, 6.45) is 0. The zero-order valence-electron chi connectivity index (χ0n) is 15.8. The molecule has 0 unspecified atom stereocenters.